The second-order valence-corrected chi connectivity index (χ2v) is 6.23. The molecule has 7 nitrogen and oxygen atoms in total. The lowest BCUT2D eigenvalue weighted by Crippen LogP contribution is -2.31. The third kappa shape index (κ3) is 3.53. The number of ether oxygens (including phenoxy) is 1. The van der Waals surface area contributed by atoms with E-state index in [0.717, 1.165) is 4.47 Å². The molecule has 1 aromatic heterocycles. The van der Waals surface area contributed by atoms with Crippen molar-refractivity contribution in [2.45, 2.75) is 12.5 Å². The second kappa shape index (κ2) is 6.96. The molecule has 124 valence electrons. The highest BCUT2D eigenvalue weighted by Crippen LogP contribution is 2.25. The lowest BCUT2D eigenvalue weighted by atomic mass is 10.2. The predicted molar refractivity (Wildman–Crippen MR) is 90.0 cm³/mol. The van der Waals surface area contributed by atoms with Gasteiger partial charge in [-0.15, -0.1) is 0 Å². The largest absolute Gasteiger partial charge is 0.472 e. The number of amides is 1. The average molecular weight is 392 g/mol. The van der Waals surface area contributed by atoms with Gasteiger partial charge < -0.3 is 9.64 Å². The number of aromatic nitrogens is 1. The maximum Gasteiger partial charge on any atom is 0.269 e. The van der Waals surface area contributed by atoms with Gasteiger partial charge in [0.05, 0.1) is 15.9 Å². The number of nitrogens with zero attached hydrogens (tertiary/aromatic N) is 3. The van der Waals surface area contributed by atoms with Crippen LogP contribution in [0.3, 0.4) is 0 Å². The van der Waals surface area contributed by atoms with Crippen LogP contribution in [0, 0.1) is 10.1 Å². The smallest absolute Gasteiger partial charge is 0.269 e. The fraction of sp³-hybridized carbons (Fsp3) is 0.250. The molecule has 1 fully saturated rings. The van der Waals surface area contributed by atoms with Crippen molar-refractivity contribution in [2.24, 2.45) is 0 Å². The molecule has 1 saturated heterocycles. The summed E-state index contributed by atoms with van der Waals surface area (Å²) >= 11 is 3.38. The molecule has 8 heteroatoms. The Bertz CT molecular complexity index is 766. The van der Waals surface area contributed by atoms with Gasteiger partial charge in [0.25, 0.3) is 11.6 Å². The first kappa shape index (κ1) is 16.4. The predicted octanol–water partition coefficient (Wildman–Crippen LogP) is 3.05. The number of benzene rings is 1. The lowest BCUT2D eigenvalue weighted by Gasteiger charge is -2.17. The zero-order chi connectivity index (χ0) is 17.1. The van der Waals surface area contributed by atoms with Crippen molar-refractivity contribution in [2.75, 3.05) is 13.1 Å². The minimum atomic E-state index is -0.487. The second-order valence-electron chi connectivity index (χ2n) is 5.37. The summed E-state index contributed by atoms with van der Waals surface area (Å²) in [5.41, 5.74) is 0.398. The van der Waals surface area contributed by atoms with Gasteiger partial charge in [-0.1, -0.05) is 0 Å². The Balaban J connectivity index is 1.63. The Labute approximate surface area is 146 Å². The number of pyridine rings is 1. The van der Waals surface area contributed by atoms with Gasteiger partial charge >= 0.3 is 0 Å². The van der Waals surface area contributed by atoms with E-state index in [2.05, 4.69) is 20.9 Å². The number of hydrogen-bond donors (Lipinski definition) is 0. The van der Waals surface area contributed by atoms with E-state index in [9.17, 15) is 14.9 Å². The van der Waals surface area contributed by atoms with Crippen molar-refractivity contribution >= 4 is 27.5 Å². The number of likely N-dealkylation sites (tertiary alicyclic amines) is 1. The van der Waals surface area contributed by atoms with Crippen LogP contribution in [0.25, 0.3) is 0 Å². The zero-order valence-corrected chi connectivity index (χ0v) is 14.2. The van der Waals surface area contributed by atoms with Crippen LogP contribution in [0.15, 0.2) is 47.1 Å². The van der Waals surface area contributed by atoms with Crippen LogP contribution in [0.2, 0.25) is 0 Å². The number of carbonyl (C=O) groups excluding carboxylic acids is 1. The maximum absolute atomic E-state index is 12.5. The van der Waals surface area contributed by atoms with Crippen molar-refractivity contribution in [3.63, 3.8) is 0 Å². The van der Waals surface area contributed by atoms with E-state index < -0.39 is 4.92 Å². The highest BCUT2D eigenvalue weighted by atomic mass is 79.9. The highest BCUT2D eigenvalue weighted by Gasteiger charge is 2.29. The third-order valence-corrected chi connectivity index (χ3v) is 4.36. The summed E-state index contributed by atoms with van der Waals surface area (Å²) in [5, 5.41) is 10.7. The molecule has 0 radical (unpaired) electrons. The lowest BCUT2D eigenvalue weighted by molar-refractivity contribution is -0.384. The summed E-state index contributed by atoms with van der Waals surface area (Å²) < 4.78 is 6.60. The molecule has 1 amide bonds. The Hall–Kier alpha value is -2.48. The fourth-order valence-electron chi connectivity index (χ4n) is 2.53. The number of non-ortho nitro benzene ring substituents is 1. The van der Waals surface area contributed by atoms with Crippen LogP contribution < -0.4 is 4.74 Å². The van der Waals surface area contributed by atoms with Gasteiger partial charge in [0.1, 0.15) is 6.10 Å². The van der Waals surface area contributed by atoms with Gasteiger partial charge in [-0.3, -0.25) is 14.9 Å². The summed E-state index contributed by atoms with van der Waals surface area (Å²) in [6.07, 6.45) is 2.23. The van der Waals surface area contributed by atoms with Crippen LogP contribution in [0.4, 0.5) is 5.69 Å². The normalized spacial score (nSPS) is 16.9. The molecule has 2 aromatic rings. The molecule has 1 aliphatic heterocycles. The fourth-order valence-corrected chi connectivity index (χ4v) is 2.88. The molecular formula is C16H14BrN3O4. The van der Waals surface area contributed by atoms with Crippen LogP contribution in [-0.4, -0.2) is 39.9 Å². The summed E-state index contributed by atoms with van der Waals surface area (Å²) in [7, 11) is 0. The minimum absolute atomic E-state index is 0.0332. The van der Waals surface area contributed by atoms with Gasteiger partial charge in [0, 0.05) is 36.9 Å². The Morgan fingerprint density at radius 2 is 2.08 bits per heavy atom. The molecule has 0 aliphatic carbocycles. The number of carbonyl (C=O) groups is 1. The molecule has 1 atom stereocenters. The monoisotopic (exact) mass is 391 g/mol. The van der Waals surface area contributed by atoms with Gasteiger partial charge in [-0.05, 0) is 40.2 Å². The van der Waals surface area contributed by atoms with E-state index in [4.69, 9.17) is 4.74 Å². The molecule has 0 spiro atoms. The van der Waals surface area contributed by atoms with Crippen LogP contribution in [-0.2, 0) is 0 Å². The topological polar surface area (TPSA) is 85.6 Å². The van der Waals surface area contributed by atoms with E-state index in [1.807, 2.05) is 6.07 Å². The first-order chi connectivity index (χ1) is 11.5. The van der Waals surface area contributed by atoms with E-state index in [1.165, 1.54) is 24.3 Å². The van der Waals surface area contributed by atoms with Crippen molar-refractivity contribution in [3.8, 4) is 5.88 Å². The Morgan fingerprint density at radius 3 is 2.75 bits per heavy atom. The SMILES string of the molecule is O=C(c1ccc([N+](=O)[O-])cc1)N1CCC(Oc2ncccc2Br)C1. The molecule has 1 aromatic carbocycles. The molecule has 0 saturated carbocycles. The van der Waals surface area contributed by atoms with Gasteiger partial charge in [0.15, 0.2) is 0 Å². The first-order valence-electron chi connectivity index (χ1n) is 7.35. The van der Waals surface area contributed by atoms with Crippen molar-refractivity contribution in [3.05, 3.63) is 62.7 Å². The summed E-state index contributed by atoms with van der Waals surface area (Å²) in [6.45, 7) is 1.03. The van der Waals surface area contributed by atoms with Crippen LogP contribution >= 0.6 is 15.9 Å². The van der Waals surface area contributed by atoms with Gasteiger partial charge in [-0.25, -0.2) is 4.98 Å². The van der Waals surface area contributed by atoms with Crippen molar-refractivity contribution in [1.29, 1.82) is 0 Å². The molecule has 1 aliphatic rings. The van der Waals surface area contributed by atoms with Gasteiger partial charge in [0.2, 0.25) is 5.88 Å². The average Bonchev–Trinajstić information content (AvgIpc) is 3.05. The molecule has 1 unspecified atom stereocenters. The molecule has 24 heavy (non-hydrogen) atoms. The van der Waals surface area contributed by atoms with E-state index >= 15 is 0 Å². The summed E-state index contributed by atoms with van der Waals surface area (Å²) in [4.78, 5) is 28.5. The number of rotatable bonds is 4. The van der Waals surface area contributed by atoms with Crippen molar-refractivity contribution in [1.82, 2.24) is 9.88 Å². The molecular weight excluding hydrogens is 378 g/mol. The van der Waals surface area contributed by atoms with Gasteiger partial charge in [-0.2, -0.15) is 0 Å². The van der Waals surface area contributed by atoms with Crippen LogP contribution in [0.5, 0.6) is 5.88 Å². The maximum atomic E-state index is 12.5. The molecule has 0 bridgehead atoms. The minimum Gasteiger partial charge on any atom is -0.472 e. The summed E-state index contributed by atoms with van der Waals surface area (Å²) in [5.74, 6) is 0.350. The molecule has 0 N–H and O–H groups in total. The molecule has 2 heterocycles. The quantitative estimate of drug-likeness (QED) is 0.590. The highest BCUT2D eigenvalue weighted by molar-refractivity contribution is 9.10. The van der Waals surface area contributed by atoms with E-state index in [-0.39, 0.29) is 17.7 Å². The van der Waals surface area contributed by atoms with Crippen LogP contribution in [0.1, 0.15) is 16.8 Å². The zero-order valence-electron chi connectivity index (χ0n) is 12.6. The standard InChI is InChI=1S/C16H14BrN3O4/c17-14-2-1-8-18-15(14)24-13-7-9-19(10-13)16(21)11-3-5-12(6-4-11)20(22)23/h1-6,8,13H,7,9-10H2. The van der Waals surface area contributed by atoms with E-state index in [1.54, 1.807) is 17.2 Å². The Kier molecular flexibility index (Phi) is 4.75. The summed E-state index contributed by atoms with van der Waals surface area (Å²) in [6, 6.07) is 9.27. The van der Waals surface area contributed by atoms with Crippen molar-refractivity contribution < 1.29 is 14.5 Å². The first-order valence-corrected chi connectivity index (χ1v) is 8.15. The number of hydrogen-bond acceptors (Lipinski definition) is 5. The number of nitro groups is 1. The number of halogens is 1. The third-order valence-electron chi connectivity index (χ3n) is 3.76. The molecule has 3 rings (SSSR count). The van der Waals surface area contributed by atoms with E-state index in [0.29, 0.717) is 31.0 Å². The number of nitro benzene ring substituents is 1. The Morgan fingerprint density at radius 1 is 1.33 bits per heavy atom.